The molecule has 1 spiro atoms. The van der Waals surface area contributed by atoms with Crippen LogP contribution in [0.15, 0.2) is 41.6 Å². The van der Waals surface area contributed by atoms with Gasteiger partial charge in [0, 0.05) is 19.0 Å². The van der Waals surface area contributed by atoms with E-state index in [1.165, 1.54) is 0 Å². The average Bonchev–Trinajstić information content (AvgIpc) is 3.20. The molecule has 3 saturated heterocycles. The van der Waals surface area contributed by atoms with Crippen molar-refractivity contribution in [3.8, 4) is 0 Å². The van der Waals surface area contributed by atoms with Crippen LogP contribution in [-0.2, 0) is 11.3 Å². The Morgan fingerprint density at radius 2 is 1.74 bits per heavy atom. The van der Waals surface area contributed by atoms with Crippen molar-refractivity contribution in [3.63, 3.8) is 0 Å². The Morgan fingerprint density at radius 1 is 1.00 bits per heavy atom. The highest BCUT2D eigenvalue weighted by Crippen LogP contribution is 2.46. The third-order valence-electron chi connectivity index (χ3n) is 7.55. The van der Waals surface area contributed by atoms with Crippen LogP contribution in [0.5, 0.6) is 0 Å². The Labute approximate surface area is 179 Å². The van der Waals surface area contributed by atoms with E-state index in [1.54, 1.807) is 0 Å². The summed E-state index contributed by atoms with van der Waals surface area (Å²) in [4.78, 5) is 10.7. The fraction of sp³-hybridized carbons (Fsp3) is 0.458. The van der Waals surface area contributed by atoms with Crippen molar-refractivity contribution >= 4 is 5.84 Å². The van der Waals surface area contributed by atoms with Gasteiger partial charge in [-0.15, -0.1) is 0 Å². The van der Waals surface area contributed by atoms with Crippen LogP contribution in [0.3, 0.4) is 0 Å². The predicted molar refractivity (Wildman–Crippen MR) is 110 cm³/mol. The molecule has 0 aliphatic carbocycles. The van der Waals surface area contributed by atoms with Crippen LogP contribution in [0.2, 0.25) is 0 Å². The molecule has 5 aliphatic rings. The Morgan fingerprint density at radius 3 is 2.45 bits per heavy atom. The van der Waals surface area contributed by atoms with Gasteiger partial charge in [0.15, 0.2) is 23.1 Å². The summed E-state index contributed by atoms with van der Waals surface area (Å²) in [5.74, 6) is -2.48. The van der Waals surface area contributed by atoms with Gasteiger partial charge in [0.05, 0.1) is 12.5 Å². The molecule has 0 N–H and O–H groups in total. The van der Waals surface area contributed by atoms with Gasteiger partial charge < -0.3 is 9.74 Å². The minimum atomic E-state index is -1.44. The topological polar surface area (TPSA) is 28.1 Å². The van der Waals surface area contributed by atoms with Gasteiger partial charge >= 0.3 is 0 Å². The number of hydrogen-bond acceptors (Lipinski definition) is 4. The number of rotatable bonds is 1. The molecule has 0 amide bonds. The highest BCUT2D eigenvalue weighted by atomic mass is 19.2. The van der Waals surface area contributed by atoms with Crippen LogP contribution in [0.4, 0.5) is 13.2 Å². The number of oxime groups is 1. The molecule has 0 unspecified atom stereocenters. The van der Waals surface area contributed by atoms with E-state index in [0.717, 1.165) is 68.0 Å². The lowest BCUT2D eigenvalue weighted by Gasteiger charge is -2.49. The molecular formula is C24H24F3N3O. The van der Waals surface area contributed by atoms with Crippen molar-refractivity contribution in [2.75, 3.05) is 26.2 Å². The predicted octanol–water partition coefficient (Wildman–Crippen LogP) is 4.25. The van der Waals surface area contributed by atoms with Crippen molar-refractivity contribution in [2.45, 2.75) is 37.3 Å². The molecule has 7 heteroatoms. The van der Waals surface area contributed by atoms with Gasteiger partial charge in [0.1, 0.15) is 5.84 Å². The average molecular weight is 427 g/mol. The molecule has 2 aromatic carbocycles. The highest BCUT2D eigenvalue weighted by Gasteiger charge is 2.53. The maximum Gasteiger partial charge on any atom is 0.194 e. The first-order valence-corrected chi connectivity index (χ1v) is 11.0. The smallest absolute Gasteiger partial charge is 0.194 e. The number of fused-ring (bicyclic) bond motifs is 3. The number of halogens is 3. The van der Waals surface area contributed by atoms with Crippen LogP contribution in [-0.4, -0.2) is 47.4 Å². The molecule has 3 fully saturated rings. The first-order chi connectivity index (χ1) is 15.0. The molecule has 2 bridgehead atoms. The molecule has 0 aromatic heterocycles. The normalized spacial score (nSPS) is 31.5. The number of nitrogens with zero attached hydrogens (tertiary/aromatic N) is 3. The van der Waals surface area contributed by atoms with E-state index in [9.17, 15) is 13.2 Å². The Balaban J connectivity index is 1.39. The zero-order valence-electron chi connectivity index (χ0n) is 17.2. The summed E-state index contributed by atoms with van der Waals surface area (Å²) in [6, 6.07) is 9.69. The molecule has 2 atom stereocenters. The molecule has 5 heterocycles. The molecular weight excluding hydrogens is 403 g/mol. The lowest BCUT2D eigenvalue weighted by Crippen LogP contribution is -2.59. The van der Waals surface area contributed by atoms with Gasteiger partial charge in [-0.25, -0.2) is 13.2 Å². The summed E-state index contributed by atoms with van der Waals surface area (Å²) < 4.78 is 42.0. The molecule has 4 nitrogen and oxygen atoms in total. The third kappa shape index (κ3) is 2.97. The van der Waals surface area contributed by atoms with Crippen molar-refractivity contribution in [2.24, 2.45) is 11.1 Å². The number of benzene rings is 2. The molecule has 0 radical (unpaired) electrons. The molecule has 2 aromatic rings. The van der Waals surface area contributed by atoms with Gasteiger partial charge in [0.25, 0.3) is 0 Å². The first-order valence-electron chi connectivity index (χ1n) is 11.0. The lowest BCUT2D eigenvalue weighted by atomic mass is 9.73. The van der Waals surface area contributed by atoms with Crippen LogP contribution in [0.25, 0.3) is 0 Å². The van der Waals surface area contributed by atoms with Gasteiger partial charge in [0.2, 0.25) is 0 Å². The van der Waals surface area contributed by atoms with E-state index in [2.05, 4.69) is 15.0 Å². The molecule has 7 rings (SSSR count). The molecule has 31 heavy (non-hydrogen) atoms. The number of hydrogen-bond donors (Lipinski definition) is 0. The second kappa shape index (κ2) is 6.99. The van der Waals surface area contributed by atoms with E-state index in [-0.39, 0.29) is 5.60 Å². The lowest BCUT2D eigenvalue weighted by molar-refractivity contribution is -0.136. The van der Waals surface area contributed by atoms with E-state index in [4.69, 9.17) is 4.84 Å². The minimum Gasteiger partial charge on any atom is -0.386 e. The second-order valence-corrected chi connectivity index (χ2v) is 9.23. The Bertz CT molecular complexity index is 1040. The molecule has 162 valence electrons. The van der Waals surface area contributed by atoms with Crippen LogP contribution >= 0.6 is 0 Å². The fourth-order valence-electron chi connectivity index (χ4n) is 6.00. The zero-order chi connectivity index (χ0) is 21.2. The summed E-state index contributed by atoms with van der Waals surface area (Å²) in [6.45, 7) is 3.76. The van der Waals surface area contributed by atoms with Crippen molar-refractivity contribution in [3.05, 3.63) is 70.5 Å². The Hall–Kier alpha value is -2.54. The van der Waals surface area contributed by atoms with Crippen LogP contribution < -0.4 is 0 Å². The van der Waals surface area contributed by atoms with Crippen molar-refractivity contribution < 1.29 is 18.0 Å². The third-order valence-corrected chi connectivity index (χ3v) is 7.55. The highest BCUT2D eigenvalue weighted by molar-refractivity contribution is 5.85. The minimum absolute atomic E-state index is 0.299. The van der Waals surface area contributed by atoms with Crippen molar-refractivity contribution in [1.82, 2.24) is 9.80 Å². The fourth-order valence-corrected chi connectivity index (χ4v) is 6.00. The number of piperidine rings is 3. The standard InChI is InChI=1S/C24H24F3N3O/c25-19-11-16(12-20(26)22(19)27)23-18-4-2-1-3-15(18)5-10-30(23)21-13-24(31-28-21)14-29-8-6-17(24)7-9-29/h1-4,11-12,17,23H,5-10,13-14H2/t23-,24+/m0/s1. The monoisotopic (exact) mass is 427 g/mol. The zero-order valence-corrected chi connectivity index (χ0v) is 17.2. The van der Waals surface area contributed by atoms with Crippen molar-refractivity contribution in [1.29, 1.82) is 0 Å². The maximum atomic E-state index is 14.2. The van der Waals surface area contributed by atoms with Crippen LogP contribution in [0.1, 0.15) is 42.0 Å². The van der Waals surface area contributed by atoms with Gasteiger partial charge in [-0.05, 0) is 61.2 Å². The molecule has 0 saturated carbocycles. The SMILES string of the molecule is Fc1cc([C@H]2c3ccccc3CCN2C2=NO[C@]3(C2)CN2CCC3CC2)cc(F)c1F. The van der Waals surface area contributed by atoms with Crippen LogP contribution in [0, 0.1) is 23.4 Å². The van der Waals surface area contributed by atoms with Gasteiger partial charge in [-0.1, -0.05) is 29.4 Å². The van der Waals surface area contributed by atoms with E-state index < -0.39 is 23.5 Å². The molecule has 5 aliphatic heterocycles. The van der Waals surface area contributed by atoms with Gasteiger partial charge in [-0.2, -0.15) is 0 Å². The van der Waals surface area contributed by atoms with E-state index in [1.807, 2.05) is 24.3 Å². The van der Waals surface area contributed by atoms with E-state index >= 15 is 0 Å². The maximum absolute atomic E-state index is 14.2. The Kier molecular flexibility index (Phi) is 4.32. The summed E-state index contributed by atoms with van der Waals surface area (Å²) in [5, 5.41) is 4.52. The second-order valence-electron chi connectivity index (χ2n) is 9.23. The first kappa shape index (κ1) is 19.2. The van der Waals surface area contributed by atoms with Gasteiger partial charge in [-0.3, -0.25) is 4.90 Å². The summed E-state index contributed by atoms with van der Waals surface area (Å²) in [6.07, 6.45) is 3.73. The summed E-state index contributed by atoms with van der Waals surface area (Å²) in [7, 11) is 0. The number of amidine groups is 1. The summed E-state index contributed by atoms with van der Waals surface area (Å²) in [5.41, 5.74) is 2.19. The summed E-state index contributed by atoms with van der Waals surface area (Å²) >= 11 is 0. The largest absolute Gasteiger partial charge is 0.386 e. The van der Waals surface area contributed by atoms with E-state index in [0.29, 0.717) is 24.4 Å². The quantitative estimate of drug-likeness (QED) is 0.637.